The van der Waals surface area contributed by atoms with Gasteiger partial charge in [-0.3, -0.25) is 4.55 Å². The van der Waals surface area contributed by atoms with E-state index in [1.807, 2.05) is 30.3 Å². The van der Waals surface area contributed by atoms with Crippen molar-refractivity contribution in [3.05, 3.63) is 48.6 Å². The summed E-state index contributed by atoms with van der Waals surface area (Å²) in [7, 11) is -6.21. The van der Waals surface area contributed by atoms with Crippen molar-refractivity contribution < 1.29 is 26.9 Å². The monoisotopic (exact) mass is 456 g/mol. The molecule has 0 bridgehead atoms. The summed E-state index contributed by atoms with van der Waals surface area (Å²) >= 11 is 0. The number of hydrogen-bond acceptors (Lipinski definition) is 5. The van der Waals surface area contributed by atoms with Crippen LogP contribution in [0.15, 0.2) is 43.0 Å². The highest BCUT2D eigenvalue weighted by molar-refractivity contribution is 7.85. The molecule has 1 aliphatic rings. The van der Waals surface area contributed by atoms with Crippen LogP contribution in [0.3, 0.4) is 0 Å². The molecule has 0 aromatic heterocycles. The highest BCUT2D eigenvalue weighted by Crippen LogP contribution is 2.39. The Morgan fingerprint density at radius 1 is 1.20 bits per heavy atom. The van der Waals surface area contributed by atoms with E-state index >= 15 is 0 Å². The summed E-state index contributed by atoms with van der Waals surface area (Å²) in [4.78, 5) is 0. The van der Waals surface area contributed by atoms with Crippen molar-refractivity contribution in [3.8, 4) is 0 Å². The normalized spacial score (nSPS) is 25.4. The van der Waals surface area contributed by atoms with Crippen LogP contribution < -0.4 is 0 Å². The molecule has 6 nitrogen and oxygen atoms in total. The summed E-state index contributed by atoms with van der Waals surface area (Å²) in [6, 6.07) is 9.70. The van der Waals surface area contributed by atoms with Gasteiger partial charge in [0.05, 0.1) is 31.2 Å². The molecule has 1 fully saturated rings. The van der Waals surface area contributed by atoms with Crippen LogP contribution >= 0.6 is 0 Å². The zero-order valence-electron chi connectivity index (χ0n) is 18.7. The highest BCUT2D eigenvalue weighted by atomic mass is 32.2. The third kappa shape index (κ3) is 7.00. The van der Waals surface area contributed by atoms with Crippen LogP contribution in [0.2, 0.25) is 18.1 Å². The Labute approximate surface area is 182 Å². The van der Waals surface area contributed by atoms with E-state index in [1.54, 1.807) is 6.08 Å². The molecule has 0 unspecified atom stereocenters. The first-order chi connectivity index (χ1) is 13.8. The molecule has 1 N–H and O–H groups in total. The highest BCUT2D eigenvalue weighted by Gasteiger charge is 2.48. The lowest BCUT2D eigenvalue weighted by atomic mass is 9.96. The van der Waals surface area contributed by atoms with Gasteiger partial charge >= 0.3 is 0 Å². The fourth-order valence-electron chi connectivity index (χ4n) is 3.37. The Balaban J connectivity index is 2.23. The van der Waals surface area contributed by atoms with Gasteiger partial charge < -0.3 is 13.9 Å². The van der Waals surface area contributed by atoms with E-state index < -0.39 is 48.4 Å². The first-order valence-electron chi connectivity index (χ1n) is 10.3. The molecule has 1 heterocycles. The summed E-state index contributed by atoms with van der Waals surface area (Å²) in [5, 5.41) is 0.0420. The van der Waals surface area contributed by atoms with Crippen LogP contribution in [-0.2, 0) is 30.6 Å². The van der Waals surface area contributed by atoms with Gasteiger partial charge in [0, 0.05) is 5.92 Å². The van der Waals surface area contributed by atoms with Crippen molar-refractivity contribution >= 4 is 18.4 Å². The van der Waals surface area contributed by atoms with Gasteiger partial charge in [0.1, 0.15) is 6.10 Å². The average molecular weight is 457 g/mol. The predicted molar refractivity (Wildman–Crippen MR) is 122 cm³/mol. The van der Waals surface area contributed by atoms with E-state index in [9.17, 15) is 13.0 Å². The fraction of sp³-hybridized carbons (Fsp3) is 0.636. The first-order valence-corrected chi connectivity index (χ1v) is 14.9. The molecule has 1 aromatic rings. The average Bonchev–Trinajstić information content (AvgIpc) is 2.93. The van der Waals surface area contributed by atoms with Crippen molar-refractivity contribution in [1.82, 2.24) is 0 Å². The predicted octanol–water partition coefficient (Wildman–Crippen LogP) is 4.44. The van der Waals surface area contributed by atoms with E-state index in [0.717, 1.165) is 5.56 Å². The molecule has 0 amide bonds. The SMILES string of the molecule is C=CC[C@@H]1O[C@H](CO[Si](C)(C)C(C)(C)C)[C@@H](OCc2ccccc2)[C@H]1CS(=O)(=O)O. The summed E-state index contributed by atoms with van der Waals surface area (Å²) in [5.74, 6) is -0.920. The minimum atomic E-state index is -4.19. The molecule has 0 saturated carbocycles. The van der Waals surface area contributed by atoms with Crippen LogP contribution in [0.25, 0.3) is 0 Å². The van der Waals surface area contributed by atoms with Crippen molar-refractivity contribution in [1.29, 1.82) is 0 Å². The summed E-state index contributed by atoms with van der Waals surface area (Å²) in [5.41, 5.74) is 0.986. The minimum absolute atomic E-state index is 0.0420. The quantitative estimate of drug-likeness (QED) is 0.318. The Hall–Kier alpha value is -1.03. The fourth-order valence-corrected chi connectivity index (χ4v) is 5.27. The molecule has 2 rings (SSSR count). The molecule has 0 aliphatic carbocycles. The van der Waals surface area contributed by atoms with Gasteiger partial charge in [-0.25, -0.2) is 0 Å². The third-order valence-corrected chi connectivity index (χ3v) is 11.4. The Kier molecular flexibility index (Phi) is 8.46. The molecule has 0 spiro atoms. The maximum absolute atomic E-state index is 11.7. The van der Waals surface area contributed by atoms with Gasteiger partial charge in [-0.1, -0.05) is 57.2 Å². The lowest BCUT2D eigenvalue weighted by Crippen LogP contribution is -2.45. The number of rotatable bonds is 10. The van der Waals surface area contributed by atoms with Crippen LogP contribution in [0.5, 0.6) is 0 Å². The van der Waals surface area contributed by atoms with Crippen LogP contribution in [0, 0.1) is 5.92 Å². The van der Waals surface area contributed by atoms with E-state index in [2.05, 4.69) is 40.4 Å². The minimum Gasteiger partial charge on any atom is -0.414 e. The van der Waals surface area contributed by atoms with Crippen LogP contribution in [0.4, 0.5) is 0 Å². The molecular formula is C22H36O6SSi. The molecule has 1 aliphatic heterocycles. The van der Waals surface area contributed by atoms with Gasteiger partial charge in [-0.2, -0.15) is 8.42 Å². The summed E-state index contributed by atoms with van der Waals surface area (Å²) < 4.78 is 51.7. The number of ether oxygens (including phenoxy) is 2. The lowest BCUT2D eigenvalue weighted by molar-refractivity contribution is -0.0510. The largest absolute Gasteiger partial charge is 0.414 e. The van der Waals surface area contributed by atoms with E-state index in [1.165, 1.54) is 0 Å². The van der Waals surface area contributed by atoms with Crippen LogP contribution in [-0.4, -0.2) is 52.0 Å². The van der Waals surface area contributed by atoms with Crippen molar-refractivity contribution in [2.24, 2.45) is 5.92 Å². The van der Waals surface area contributed by atoms with Gasteiger partial charge in [0.2, 0.25) is 0 Å². The molecule has 170 valence electrons. The van der Waals surface area contributed by atoms with E-state index in [-0.39, 0.29) is 5.04 Å². The molecule has 0 radical (unpaired) electrons. The molecule has 1 saturated heterocycles. The lowest BCUT2D eigenvalue weighted by Gasteiger charge is -2.37. The molecule has 1 aromatic carbocycles. The number of hydrogen-bond donors (Lipinski definition) is 1. The Morgan fingerprint density at radius 2 is 1.83 bits per heavy atom. The molecule has 30 heavy (non-hydrogen) atoms. The van der Waals surface area contributed by atoms with Gasteiger partial charge in [0.25, 0.3) is 10.1 Å². The second-order valence-corrected chi connectivity index (χ2v) is 15.8. The standard InChI is InChI=1S/C22H36O6SSi/c1-7-11-19-18(16-29(23,24)25)21(26-14-17-12-9-8-10-13-17)20(28-19)15-27-30(5,6)22(2,3)4/h7-10,12-13,18-21H,1,11,14-16H2,2-6H3,(H,23,24,25)/t18-,19-,20+,21-/m0/s1. The van der Waals surface area contributed by atoms with Crippen molar-refractivity contribution in [3.63, 3.8) is 0 Å². The van der Waals surface area contributed by atoms with Gasteiger partial charge in [0.15, 0.2) is 8.32 Å². The topological polar surface area (TPSA) is 82.1 Å². The first kappa shape index (κ1) is 25.2. The smallest absolute Gasteiger partial charge is 0.265 e. The maximum atomic E-state index is 11.7. The van der Waals surface area contributed by atoms with Gasteiger partial charge in [-0.05, 0) is 30.1 Å². The molecule has 4 atom stereocenters. The maximum Gasteiger partial charge on any atom is 0.265 e. The summed E-state index contributed by atoms with van der Waals surface area (Å²) in [6.45, 7) is 15.2. The van der Waals surface area contributed by atoms with Gasteiger partial charge in [-0.15, -0.1) is 6.58 Å². The zero-order chi connectivity index (χ0) is 22.6. The van der Waals surface area contributed by atoms with Crippen molar-refractivity contribution in [2.45, 2.75) is 70.2 Å². The zero-order valence-corrected chi connectivity index (χ0v) is 20.5. The molecule has 8 heteroatoms. The van der Waals surface area contributed by atoms with Crippen LogP contribution in [0.1, 0.15) is 32.8 Å². The van der Waals surface area contributed by atoms with Crippen molar-refractivity contribution in [2.75, 3.05) is 12.4 Å². The Bertz CT molecular complexity index is 788. The van der Waals surface area contributed by atoms with E-state index in [4.69, 9.17) is 13.9 Å². The summed E-state index contributed by atoms with van der Waals surface area (Å²) in [6.07, 6.45) is 0.842. The Morgan fingerprint density at radius 3 is 2.37 bits per heavy atom. The third-order valence-electron chi connectivity index (χ3n) is 6.12. The second kappa shape index (κ2) is 10.1. The molecular weight excluding hydrogens is 420 g/mol. The second-order valence-electron chi connectivity index (χ2n) is 9.48. The number of benzene rings is 1. The van der Waals surface area contributed by atoms with E-state index in [0.29, 0.717) is 19.6 Å².